The van der Waals surface area contributed by atoms with E-state index in [0.29, 0.717) is 0 Å². The van der Waals surface area contributed by atoms with Crippen LogP contribution in [-0.4, -0.2) is 29.7 Å². The monoisotopic (exact) mass is 186 g/mol. The topological polar surface area (TPSA) is 75.4 Å². The van der Waals surface area contributed by atoms with Crippen molar-refractivity contribution >= 4 is 5.91 Å². The van der Waals surface area contributed by atoms with Gasteiger partial charge < -0.3 is 16.2 Å². The molecule has 0 atom stereocenters. The van der Waals surface area contributed by atoms with Gasteiger partial charge in [-0.2, -0.15) is 0 Å². The predicted molar refractivity (Wildman–Crippen MR) is 50.1 cm³/mol. The van der Waals surface area contributed by atoms with Gasteiger partial charge in [-0.05, 0) is 12.8 Å². The van der Waals surface area contributed by atoms with Gasteiger partial charge in [-0.3, -0.25) is 4.79 Å². The summed E-state index contributed by atoms with van der Waals surface area (Å²) in [5.74, 6) is -0.170. The first kappa shape index (κ1) is 10.5. The second-order valence-electron chi connectivity index (χ2n) is 3.75. The zero-order valence-corrected chi connectivity index (χ0v) is 7.88. The van der Waals surface area contributed by atoms with Crippen molar-refractivity contribution in [3.63, 3.8) is 0 Å². The summed E-state index contributed by atoms with van der Waals surface area (Å²) >= 11 is 0. The van der Waals surface area contributed by atoms with Crippen molar-refractivity contribution < 1.29 is 9.90 Å². The van der Waals surface area contributed by atoms with E-state index < -0.39 is 0 Å². The molecule has 0 unspecified atom stereocenters. The van der Waals surface area contributed by atoms with Crippen LogP contribution < -0.4 is 11.1 Å². The highest BCUT2D eigenvalue weighted by atomic mass is 16.3. The predicted octanol–water partition coefficient (Wildman–Crippen LogP) is -0.244. The Morgan fingerprint density at radius 3 is 2.46 bits per heavy atom. The van der Waals surface area contributed by atoms with Crippen LogP contribution in [0, 0.1) is 0 Å². The van der Waals surface area contributed by atoms with Crippen molar-refractivity contribution in [1.82, 2.24) is 5.32 Å². The summed E-state index contributed by atoms with van der Waals surface area (Å²) in [7, 11) is 0. The van der Waals surface area contributed by atoms with Crippen LogP contribution in [0.15, 0.2) is 0 Å². The third kappa shape index (κ3) is 2.67. The summed E-state index contributed by atoms with van der Waals surface area (Å²) in [5.41, 5.74) is 4.83. The minimum atomic E-state index is -0.380. The molecule has 0 radical (unpaired) electrons. The van der Waals surface area contributed by atoms with E-state index in [1.165, 1.54) is 6.42 Å². The lowest BCUT2D eigenvalue weighted by atomic mass is 9.82. The normalized spacial score (nSPS) is 21.1. The van der Waals surface area contributed by atoms with Gasteiger partial charge >= 0.3 is 0 Å². The third-order valence-corrected chi connectivity index (χ3v) is 2.70. The number of hydrogen-bond acceptors (Lipinski definition) is 3. The molecule has 13 heavy (non-hydrogen) atoms. The molecule has 0 heterocycles. The average molecular weight is 186 g/mol. The van der Waals surface area contributed by atoms with E-state index in [2.05, 4.69) is 5.32 Å². The molecule has 1 aliphatic rings. The zero-order valence-electron chi connectivity index (χ0n) is 7.88. The first-order chi connectivity index (χ1) is 6.22. The summed E-state index contributed by atoms with van der Waals surface area (Å²) < 4.78 is 0. The number of aliphatic hydroxyl groups excluding tert-OH is 1. The number of carbonyl (C=O) groups excluding carboxylic acids is 1. The maximum atomic E-state index is 11.1. The van der Waals surface area contributed by atoms with Gasteiger partial charge in [-0.1, -0.05) is 19.3 Å². The SMILES string of the molecule is NCC(=O)NC1(CO)CCCCC1. The average Bonchev–Trinajstić information content (AvgIpc) is 2.19. The van der Waals surface area contributed by atoms with Gasteiger partial charge in [0.1, 0.15) is 0 Å². The molecule has 1 rings (SSSR count). The Labute approximate surface area is 78.5 Å². The van der Waals surface area contributed by atoms with Crippen LogP contribution in [0.2, 0.25) is 0 Å². The lowest BCUT2D eigenvalue weighted by molar-refractivity contribution is -0.122. The molecule has 1 amide bonds. The molecule has 4 nitrogen and oxygen atoms in total. The van der Waals surface area contributed by atoms with Gasteiger partial charge in [0.25, 0.3) is 0 Å². The van der Waals surface area contributed by atoms with Gasteiger partial charge in [-0.25, -0.2) is 0 Å². The quantitative estimate of drug-likeness (QED) is 0.569. The van der Waals surface area contributed by atoms with Crippen LogP contribution in [0.4, 0.5) is 0 Å². The fourth-order valence-electron chi connectivity index (χ4n) is 1.90. The molecule has 76 valence electrons. The van der Waals surface area contributed by atoms with Gasteiger partial charge in [0, 0.05) is 0 Å². The number of nitrogens with one attached hydrogen (secondary N) is 1. The standard InChI is InChI=1S/C9H18N2O2/c10-6-8(13)11-9(7-12)4-2-1-3-5-9/h12H,1-7,10H2,(H,11,13). The first-order valence-electron chi connectivity index (χ1n) is 4.84. The second-order valence-corrected chi connectivity index (χ2v) is 3.75. The molecule has 0 aromatic heterocycles. The maximum absolute atomic E-state index is 11.1. The molecule has 1 saturated carbocycles. The van der Waals surface area contributed by atoms with Crippen LogP contribution in [0.3, 0.4) is 0 Å². The van der Waals surface area contributed by atoms with Crippen molar-refractivity contribution in [3.05, 3.63) is 0 Å². The Kier molecular flexibility index (Phi) is 3.69. The molecule has 0 spiro atoms. The Hall–Kier alpha value is -0.610. The lowest BCUT2D eigenvalue weighted by Crippen LogP contribution is -2.54. The van der Waals surface area contributed by atoms with Crippen LogP contribution in [0.25, 0.3) is 0 Å². The van der Waals surface area contributed by atoms with E-state index in [9.17, 15) is 9.90 Å². The minimum absolute atomic E-state index is 0.00174. The Morgan fingerprint density at radius 1 is 1.38 bits per heavy atom. The van der Waals surface area contributed by atoms with E-state index >= 15 is 0 Å². The molecule has 4 N–H and O–H groups in total. The van der Waals surface area contributed by atoms with Crippen molar-refractivity contribution in [3.8, 4) is 0 Å². The van der Waals surface area contributed by atoms with E-state index in [1.807, 2.05) is 0 Å². The van der Waals surface area contributed by atoms with Crippen molar-refractivity contribution in [2.75, 3.05) is 13.2 Å². The molecular weight excluding hydrogens is 168 g/mol. The van der Waals surface area contributed by atoms with E-state index in [-0.39, 0.29) is 24.6 Å². The van der Waals surface area contributed by atoms with Crippen LogP contribution in [-0.2, 0) is 4.79 Å². The fourth-order valence-corrected chi connectivity index (χ4v) is 1.90. The summed E-state index contributed by atoms with van der Waals surface area (Å²) in [4.78, 5) is 11.1. The molecular formula is C9H18N2O2. The van der Waals surface area contributed by atoms with Gasteiger partial charge in [-0.15, -0.1) is 0 Å². The summed E-state index contributed by atoms with van der Waals surface area (Å²) in [6.07, 6.45) is 5.08. The second kappa shape index (κ2) is 4.58. The molecule has 0 aromatic rings. The van der Waals surface area contributed by atoms with Crippen molar-refractivity contribution in [1.29, 1.82) is 0 Å². The van der Waals surface area contributed by atoms with Crippen LogP contribution in [0.5, 0.6) is 0 Å². The Bertz CT molecular complexity index is 176. The highest BCUT2D eigenvalue weighted by Crippen LogP contribution is 2.27. The van der Waals surface area contributed by atoms with Crippen molar-refractivity contribution in [2.24, 2.45) is 5.73 Å². The number of aliphatic hydroxyl groups is 1. The number of nitrogens with two attached hydrogens (primary N) is 1. The Morgan fingerprint density at radius 2 is 2.00 bits per heavy atom. The van der Waals surface area contributed by atoms with Crippen LogP contribution in [0.1, 0.15) is 32.1 Å². The minimum Gasteiger partial charge on any atom is -0.394 e. The van der Waals surface area contributed by atoms with Crippen molar-refractivity contribution in [2.45, 2.75) is 37.6 Å². The van der Waals surface area contributed by atoms with E-state index in [0.717, 1.165) is 25.7 Å². The van der Waals surface area contributed by atoms with Crippen LogP contribution >= 0.6 is 0 Å². The first-order valence-corrected chi connectivity index (χ1v) is 4.84. The lowest BCUT2D eigenvalue weighted by Gasteiger charge is -2.36. The highest BCUT2D eigenvalue weighted by Gasteiger charge is 2.32. The van der Waals surface area contributed by atoms with E-state index in [1.54, 1.807) is 0 Å². The van der Waals surface area contributed by atoms with Gasteiger partial charge in [0.05, 0.1) is 18.7 Å². The number of carbonyl (C=O) groups is 1. The number of hydrogen-bond donors (Lipinski definition) is 3. The van der Waals surface area contributed by atoms with Gasteiger partial charge in [0.15, 0.2) is 0 Å². The Balaban J connectivity index is 2.52. The molecule has 1 aliphatic carbocycles. The zero-order chi connectivity index (χ0) is 9.73. The number of rotatable bonds is 3. The van der Waals surface area contributed by atoms with Gasteiger partial charge in [0.2, 0.25) is 5.91 Å². The summed E-state index contributed by atoms with van der Waals surface area (Å²) in [5, 5.41) is 12.0. The molecule has 4 heteroatoms. The molecule has 0 aliphatic heterocycles. The summed E-state index contributed by atoms with van der Waals surface area (Å²) in [6, 6.07) is 0. The smallest absolute Gasteiger partial charge is 0.234 e. The maximum Gasteiger partial charge on any atom is 0.234 e. The highest BCUT2D eigenvalue weighted by molar-refractivity contribution is 5.78. The molecule has 1 fully saturated rings. The number of amides is 1. The van der Waals surface area contributed by atoms with E-state index in [4.69, 9.17) is 5.73 Å². The summed E-state index contributed by atoms with van der Waals surface area (Å²) in [6.45, 7) is 0.0283. The fraction of sp³-hybridized carbons (Fsp3) is 0.889. The largest absolute Gasteiger partial charge is 0.394 e. The third-order valence-electron chi connectivity index (χ3n) is 2.70. The molecule has 0 saturated heterocycles. The molecule has 0 aromatic carbocycles. The molecule has 0 bridgehead atoms.